The Kier molecular flexibility index (Phi) is 5.22. The molecule has 0 heterocycles. The van der Waals surface area contributed by atoms with Crippen molar-refractivity contribution in [3.8, 4) is 0 Å². The SMILES string of the molecule is CC(C)NC(C)(CO)CCN(C)CC1CC1. The lowest BCUT2D eigenvalue weighted by molar-refractivity contribution is 0.142. The summed E-state index contributed by atoms with van der Waals surface area (Å²) in [5.41, 5.74) is -0.133. The largest absolute Gasteiger partial charge is 0.394 e. The van der Waals surface area contributed by atoms with Crippen molar-refractivity contribution in [1.29, 1.82) is 0 Å². The van der Waals surface area contributed by atoms with Crippen LogP contribution in [0.25, 0.3) is 0 Å². The predicted octanol–water partition coefficient (Wildman–Crippen LogP) is 1.47. The fraction of sp³-hybridized carbons (Fsp3) is 1.00. The number of rotatable bonds is 8. The van der Waals surface area contributed by atoms with E-state index in [1.54, 1.807) is 0 Å². The van der Waals surface area contributed by atoms with Crippen molar-refractivity contribution in [2.75, 3.05) is 26.7 Å². The van der Waals surface area contributed by atoms with E-state index in [-0.39, 0.29) is 12.1 Å². The molecule has 2 N–H and O–H groups in total. The van der Waals surface area contributed by atoms with Crippen LogP contribution in [0.4, 0.5) is 0 Å². The van der Waals surface area contributed by atoms with Gasteiger partial charge in [0.15, 0.2) is 0 Å². The van der Waals surface area contributed by atoms with Crippen molar-refractivity contribution in [2.24, 2.45) is 5.92 Å². The van der Waals surface area contributed by atoms with Crippen LogP contribution in [0, 0.1) is 5.92 Å². The lowest BCUT2D eigenvalue weighted by Gasteiger charge is -2.33. The Morgan fingerprint density at radius 1 is 1.44 bits per heavy atom. The molecule has 1 aliphatic carbocycles. The highest BCUT2D eigenvalue weighted by molar-refractivity contribution is 4.85. The van der Waals surface area contributed by atoms with Crippen molar-refractivity contribution < 1.29 is 5.11 Å². The minimum Gasteiger partial charge on any atom is -0.394 e. The fourth-order valence-corrected chi connectivity index (χ4v) is 2.16. The van der Waals surface area contributed by atoms with Gasteiger partial charge in [-0.2, -0.15) is 0 Å². The molecule has 0 saturated heterocycles. The molecule has 1 saturated carbocycles. The quantitative estimate of drug-likeness (QED) is 0.660. The molecule has 3 heteroatoms. The molecule has 0 bridgehead atoms. The summed E-state index contributed by atoms with van der Waals surface area (Å²) in [6.07, 6.45) is 3.82. The normalized spacial score (nSPS) is 20.4. The summed E-state index contributed by atoms with van der Waals surface area (Å²) in [4.78, 5) is 2.40. The standard InChI is InChI=1S/C13H28N2O/c1-11(2)14-13(3,10-16)7-8-15(4)9-12-5-6-12/h11-12,14,16H,5-10H2,1-4H3. The topological polar surface area (TPSA) is 35.5 Å². The minimum atomic E-state index is -0.133. The first-order chi connectivity index (χ1) is 7.45. The molecule has 0 aromatic rings. The van der Waals surface area contributed by atoms with E-state index in [0.717, 1.165) is 18.9 Å². The van der Waals surface area contributed by atoms with E-state index >= 15 is 0 Å². The van der Waals surface area contributed by atoms with E-state index in [0.29, 0.717) is 6.04 Å². The Morgan fingerprint density at radius 3 is 2.50 bits per heavy atom. The molecule has 1 atom stereocenters. The highest BCUT2D eigenvalue weighted by atomic mass is 16.3. The average molecular weight is 228 g/mol. The van der Waals surface area contributed by atoms with Gasteiger partial charge in [-0.3, -0.25) is 0 Å². The molecule has 1 fully saturated rings. The third-order valence-corrected chi connectivity index (χ3v) is 3.30. The number of hydrogen-bond acceptors (Lipinski definition) is 3. The van der Waals surface area contributed by atoms with Gasteiger partial charge in [0, 0.05) is 18.1 Å². The Hall–Kier alpha value is -0.120. The summed E-state index contributed by atoms with van der Waals surface area (Å²) in [6.45, 7) is 8.86. The maximum Gasteiger partial charge on any atom is 0.0611 e. The second-order valence-electron chi connectivity index (χ2n) is 5.97. The first-order valence-electron chi connectivity index (χ1n) is 6.52. The highest BCUT2D eigenvalue weighted by Gasteiger charge is 2.26. The molecular formula is C13H28N2O. The maximum absolute atomic E-state index is 9.46. The Balaban J connectivity index is 2.25. The van der Waals surface area contributed by atoms with E-state index in [1.807, 2.05) is 0 Å². The molecule has 0 aromatic heterocycles. The zero-order valence-corrected chi connectivity index (χ0v) is 11.3. The van der Waals surface area contributed by atoms with Crippen LogP contribution < -0.4 is 5.32 Å². The maximum atomic E-state index is 9.46. The predicted molar refractivity (Wildman–Crippen MR) is 68.6 cm³/mol. The summed E-state index contributed by atoms with van der Waals surface area (Å²) in [6, 6.07) is 0.422. The molecule has 0 amide bonds. The molecular weight excluding hydrogens is 200 g/mol. The van der Waals surface area contributed by atoms with Crippen LogP contribution in [0.5, 0.6) is 0 Å². The average Bonchev–Trinajstić information content (AvgIpc) is 2.98. The lowest BCUT2D eigenvalue weighted by Crippen LogP contribution is -2.50. The molecule has 1 rings (SSSR count). The van der Waals surface area contributed by atoms with Gasteiger partial charge in [-0.25, -0.2) is 0 Å². The van der Waals surface area contributed by atoms with Gasteiger partial charge in [0.2, 0.25) is 0 Å². The summed E-state index contributed by atoms with van der Waals surface area (Å²) in [7, 11) is 2.19. The molecule has 0 aliphatic heterocycles. The van der Waals surface area contributed by atoms with Gasteiger partial charge in [0.1, 0.15) is 0 Å². The van der Waals surface area contributed by atoms with Gasteiger partial charge < -0.3 is 15.3 Å². The molecule has 0 spiro atoms. The second-order valence-corrected chi connectivity index (χ2v) is 5.97. The molecule has 0 aromatic carbocycles. The molecule has 1 aliphatic rings. The number of nitrogens with zero attached hydrogens (tertiary/aromatic N) is 1. The monoisotopic (exact) mass is 228 g/mol. The number of nitrogens with one attached hydrogen (secondary N) is 1. The van der Waals surface area contributed by atoms with Gasteiger partial charge in [-0.15, -0.1) is 0 Å². The van der Waals surface area contributed by atoms with Crippen LogP contribution in [0.15, 0.2) is 0 Å². The molecule has 0 radical (unpaired) electrons. The fourth-order valence-electron chi connectivity index (χ4n) is 2.16. The van der Waals surface area contributed by atoms with E-state index in [1.165, 1.54) is 19.4 Å². The first kappa shape index (κ1) is 13.9. The van der Waals surface area contributed by atoms with Crippen LogP contribution in [-0.2, 0) is 0 Å². The first-order valence-corrected chi connectivity index (χ1v) is 6.52. The lowest BCUT2D eigenvalue weighted by atomic mass is 9.97. The van der Waals surface area contributed by atoms with Crippen LogP contribution >= 0.6 is 0 Å². The Morgan fingerprint density at radius 2 is 2.06 bits per heavy atom. The van der Waals surface area contributed by atoms with Crippen molar-refractivity contribution >= 4 is 0 Å². The van der Waals surface area contributed by atoms with Gasteiger partial charge in [-0.1, -0.05) is 13.8 Å². The van der Waals surface area contributed by atoms with E-state index in [4.69, 9.17) is 0 Å². The van der Waals surface area contributed by atoms with Crippen LogP contribution in [-0.4, -0.2) is 48.3 Å². The van der Waals surface area contributed by atoms with Gasteiger partial charge in [-0.05, 0) is 45.7 Å². The van der Waals surface area contributed by atoms with Crippen molar-refractivity contribution in [3.63, 3.8) is 0 Å². The van der Waals surface area contributed by atoms with Crippen molar-refractivity contribution in [3.05, 3.63) is 0 Å². The van der Waals surface area contributed by atoms with Gasteiger partial charge in [0.05, 0.1) is 6.61 Å². The minimum absolute atomic E-state index is 0.133. The smallest absolute Gasteiger partial charge is 0.0611 e. The van der Waals surface area contributed by atoms with E-state index < -0.39 is 0 Å². The zero-order valence-electron chi connectivity index (χ0n) is 11.3. The van der Waals surface area contributed by atoms with E-state index in [9.17, 15) is 5.11 Å². The molecule has 96 valence electrons. The van der Waals surface area contributed by atoms with Gasteiger partial charge in [0.25, 0.3) is 0 Å². The highest BCUT2D eigenvalue weighted by Crippen LogP contribution is 2.29. The Bertz CT molecular complexity index is 204. The zero-order chi connectivity index (χ0) is 12.2. The van der Waals surface area contributed by atoms with E-state index in [2.05, 4.69) is 38.0 Å². The van der Waals surface area contributed by atoms with Crippen molar-refractivity contribution in [2.45, 2.75) is 51.6 Å². The molecule has 3 nitrogen and oxygen atoms in total. The third kappa shape index (κ3) is 5.28. The van der Waals surface area contributed by atoms with Crippen molar-refractivity contribution in [1.82, 2.24) is 10.2 Å². The van der Waals surface area contributed by atoms with Crippen LogP contribution in [0.3, 0.4) is 0 Å². The molecule has 1 unspecified atom stereocenters. The number of aliphatic hydroxyl groups is 1. The molecule has 16 heavy (non-hydrogen) atoms. The summed E-state index contributed by atoms with van der Waals surface area (Å²) >= 11 is 0. The van der Waals surface area contributed by atoms with Crippen LogP contribution in [0.2, 0.25) is 0 Å². The Labute approximate surface area is 100 Å². The summed E-state index contributed by atoms with van der Waals surface area (Å²) in [5, 5.41) is 12.9. The van der Waals surface area contributed by atoms with Gasteiger partial charge >= 0.3 is 0 Å². The number of hydrogen-bond donors (Lipinski definition) is 2. The second kappa shape index (κ2) is 5.99. The van der Waals surface area contributed by atoms with Crippen LogP contribution in [0.1, 0.15) is 40.0 Å². The number of aliphatic hydroxyl groups excluding tert-OH is 1. The summed E-state index contributed by atoms with van der Waals surface area (Å²) < 4.78 is 0. The third-order valence-electron chi connectivity index (χ3n) is 3.30. The summed E-state index contributed by atoms with van der Waals surface area (Å²) in [5.74, 6) is 0.948.